The summed E-state index contributed by atoms with van der Waals surface area (Å²) < 4.78 is 13.2. The summed E-state index contributed by atoms with van der Waals surface area (Å²) in [5, 5.41) is 13.8. The third kappa shape index (κ3) is 3.27. The molecule has 0 aliphatic heterocycles. The van der Waals surface area contributed by atoms with Crippen molar-refractivity contribution in [2.45, 2.75) is 13.3 Å². The van der Waals surface area contributed by atoms with Crippen molar-refractivity contribution in [3.63, 3.8) is 0 Å². The third-order valence-corrected chi connectivity index (χ3v) is 2.98. The van der Waals surface area contributed by atoms with Crippen LogP contribution < -0.4 is 5.32 Å². The van der Waals surface area contributed by atoms with Gasteiger partial charge in [-0.3, -0.25) is 4.79 Å². The standard InChI is InChI=1S/C12H11FN2O2S/c1-7-2-8(13)4-9(3-7)14-12-15-10(6-18-12)5-11(16)17/h2-4,6H,5H2,1H3,(H,14,15)(H,16,17). The first kappa shape index (κ1) is 12.5. The lowest BCUT2D eigenvalue weighted by Crippen LogP contribution is -2.00. The van der Waals surface area contributed by atoms with Crippen LogP contribution >= 0.6 is 11.3 Å². The highest BCUT2D eigenvalue weighted by atomic mass is 32.1. The number of halogens is 1. The van der Waals surface area contributed by atoms with Gasteiger partial charge in [-0.25, -0.2) is 9.37 Å². The maximum absolute atomic E-state index is 13.2. The number of carboxylic acid groups (broad SMARTS) is 1. The van der Waals surface area contributed by atoms with Gasteiger partial charge in [-0.1, -0.05) is 0 Å². The predicted molar refractivity (Wildman–Crippen MR) is 67.9 cm³/mol. The van der Waals surface area contributed by atoms with Crippen molar-refractivity contribution < 1.29 is 14.3 Å². The first-order valence-electron chi connectivity index (χ1n) is 5.23. The molecule has 1 aromatic heterocycles. The van der Waals surface area contributed by atoms with Crippen molar-refractivity contribution in [2.24, 2.45) is 0 Å². The van der Waals surface area contributed by atoms with Crippen LogP contribution in [0.3, 0.4) is 0 Å². The molecule has 2 rings (SSSR count). The summed E-state index contributed by atoms with van der Waals surface area (Å²) >= 11 is 1.29. The monoisotopic (exact) mass is 266 g/mol. The molecule has 0 spiro atoms. The molecule has 0 radical (unpaired) electrons. The molecule has 0 aliphatic carbocycles. The largest absolute Gasteiger partial charge is 0.481 e. The highest BCUT2D eigenvalue weighted by Gasteiger charge is 2.07. The summed E-state index contributed by atoms with van der Waals surface area (Å²) in [6.45, 7) is 1.80. The van der Waals surface area contributed by atoms with Gasteiger partial charge in [0.1, 0.15) is 5.82 Å². The van der Waals surface area contributed by atoms with Gasteiger partial charge in [-0.15, -0.1) is 11.3 Å². The molecule has 2 aromatic rings. The van der Waals surface area contributed by atoms with Crippen LogP contribution in [0.2, 0.25) is 0 Å². The van der Waals surface area contributed by atoms with E-state index < -0.39 is 5.97 Å². The van der Waals surface area contributed by atoms with Crippen LogP contribution in [0.1, 0.15) is 11.3 Å². The smallest absolute Gasteiger partial charge is 0.309 e. The van der Waals surface area contributed by atoms with E-state index in [0.29, 0.717) is 16.5 Å². The first-order valence-corrected chi connectivity index (χ1v) is 6.11. The molecule has 0 unspecified atom stereocenters. The molecule has 0 amide bonds. The van der Waals surface area contributed by atoms with E-state index >= 15 is 0 Å². The van der Waals surface area contributed by atoms with E-state index in [0.717, 1.165) is 5.56 Å². The second-order valence-corrected chi connectivity index (χ2v) is 4.71. The number of carboxylic acids is 1. The zero-order chi connectivity index (χ0) is 13.1. The molecule has 0 saturated carbocycles. The van der Waals surface area contributed by atoms with Crippen LogP contribution in [0.4, 0.5) is 15.2 Å². The molecule has 0 saturated heterocycles. The number of rotatable bonds is 4. The van der Waals surface area contributed by atoms with Gasteiger partial charge in [-0.2, -0.15) is 0 Å². The topological polar surface area (TPSA) is 62.2 Å². The number of nitrogens with zero attached hydrogens (tertiary/aromatic N) is 1. The van der Waals surface area contributed by atoms with Crippen molar-refractivity contribution >= 4 is 28.1 Å². The fourth-order valence-electron chi connectivity index (χ4n) is 1.53. The van der Waals surface area contributed by atoms with Gasteiger partial charge >= 0.3 is 5.97 Å². The molecule has 4 nitrogen and oxygen atoms in total. The molecule has 0 bridgehead atoms. The SMILES string of the molecule is Cc1cc(F)cc(Nc2nc(CC(=O)O)cs2)c1. The Labute approximate surface area is 107 Å². The van der Waals surface area contributed by atoms with E-state index in [9.17, 15) is 9.18 Å². The van der Waals surface area contributed by atoms with Crippen LogP contribution in [0.15, 0.2) is 23.6 Å². The second-order valence-electron chi connectivity index (χ2n) is 3.86. The number of carbonyl (C=O) groups is 1. The van der Waals surface area contributed by atoms with Crippen LogP contribution in [-0.4, -0.2) is 16.1 Å². The lowest BCUT2D eigenvalue weighted by atomic mass is 10.2. The number of hydrogen-bond donors (Lipinski definition) is 2. The van der Waals surface area contributed by atoms with E-state index in [1.165, 1.54) is 23.5 Å². The maximum Gasteiger partial charge on any atom is 0.309 e. The molecule has 0 atom stereocenters. The van der Waals surface area contributed by atoms with E-state index in [1.807, 2.05) is 0 Å². The van der Waals surface area contributed by atoms with Gasteiger partial charge in [0.25, 0.3) is 0 Å². The Morgan fingerprint density at radius 2 is 2.28 bits per heavy atom. The Bertz CT molecular complexity index is 563. The fourth-order valence-corrected chi connectivity index (χ4v) is 2.26. The minimum Gasteiger partial charge on any atom is -0.481 e. The lowest BCUT2D eigenvalue weighted by Gasteiger charge is -2.03. The molecule has 6 heteroatoms. The Hall–Kier alpha value is -1.95. The van der Waals surface area contributed by atoms with Gasteiger partial charge in [0.15, 0.2) is 5.13 Å². The molecule has 1 heterocycles. The van der Waals surface area contributed by atoms with Gasteiger partial charge in [0.2, 0.25) is 0 Å². The summed E-state index contributed by atoms with van der Waals surface area (Å²) in [6, 6.07) is 4.59. The number of aromatic nitrogens is 1. The highest BCUT2D eigenvalue weighted by molar-refractivity contribution is 7.13. The minimum absolute atomic E-state index is 0.111. The summed E-state index contributed by atoms with van der Waals surface area (Å²) in [6.07, 6.45) is -0.111. The third-order valence-electron chi connectivity index (χ3n) is 2.18. The summed E-state index contributed by atoms with van der Waals surface area (Å²) in [5.74, 6) is -1.24. The number of aryl methyl sites for hydroxylation is 1. The van der Waals surface area contributed by atoms with Crippen molar-refractivity contribution in [1.82, 2.24) is 4.98 Å². The number of thiazole rings is 1. The fraction of sp³-hybridized carbons (Fsp3) is 0.167. The minimum atomic E-state index is -0.923. The Morgan fingerprint density at radius 3 is 2.94 bits per heavy atom. The van der Waals surface area contributed by atoms with Crippen LogP contribution in [0, 0.1) is 12.7 Å². The molecular weight excluding hydrogens is 255 g/mol. The normalized spacial score (nSPS) is 10.3. The Kier molecular flexibility index (Phi) is 3.57. The molecule has 2 N–H and O–H groups in total. The summed E-state index contributed by atoms with van der Waals surface area (Å²) in [5.41, 5.74) is 1.90. The zero-order valence-electron chi connectivity index (χ0n) is 9.61. The Balaban J connectivity index is 2.13. The average molecular weight is 266 g/mol. The van der Waals surface area contributed by atoms with Gasteiger partial charge in [-0.05, 0) is 30.7 Å². The molecule has 0 fully saturated rings. The highest BCUT2D eigenvalue weighted by Crippen LogP contribution is 2.22. The average Bonchev–Trinajstić information content (AvgIpc) is 2.62. The molecule has 18 heavy (non-hydrogen) atoms. The molecule has 0 aliphatic rings. The van der Waals surface area contributed by atoms with Crippen molar-refractivity contribution in [2.75, 3.05) is 5.32 Å². The quantitative estimate of drug-likeness (QED) is 0.893. The van der Waals surface area contributed by atoms with Crippen molar-refractivity contribution in [3.05, 3.63) is 40.7 Å². The molecular formula is C12H11FN2O2S. The molecule has 1 aromatic carbocycles. The van der Waals surface area contributed by atoms with Gasteiger partial charge in [0.05, 0.1) is 12.1 Å². The van der Waals surface area contributed by atoms with Crippen LogP contribution in [-0.2, 0) is 11.2 Å². The summed E-state index contributed by atoms with van der Waals surface area (Å²) in [4.78, 5) is 14.6. The van der Waals surface area contributed by atoms with Crippen LogP contribution in [0.5, 0.6) is 0 Å². The Morgan fingerprint density at radius 1 is 1.50 bits per heavy atom. The van der Waals surface area contributed by atoms with E-state index in [-0.39, 0.29) is 12.2 Å². The second kappa shape index (κ2) is 5.14. The number of hydrogen-bond acceptors (Lipinski definition) is 4. The van der Waals surface area contributed by atoms with E-state index in [4.69, 9.17) is 5.11 Å². The van der Waals surface area contributed by atoms with Crippen LogP contribution in [0.25, 0.3) is 0 Å². The molecule has 94 valence electrons. The number of nitrogens with one attached hydrogen (secondary N) is 1. The van der Waals surface area contributed by atoms with Gasteiger partial charge < -0.3 is 10.4 Å². The lowest BCUT2D eigenvalue weighted by molar-refractivity contribution is -0.136. The number of anilines is 2. The zero-order valence-corrected chi connectivity index (χ0v) is 10.4. The van der Waals surface area contributed by atoms with Gasteiger partial charge in [0, 0.05) is 11.1 Å². The van der Waals surface area contributed by atoms with E-state index in [2.05, 4.69) is 10.3 Å². The predicted octanol–water partition coefficient (Wildman–Crippen LogP) is 2.96. The van der Waals surface area contributed by atoms with E-state index in [1.54, 1.807) is 18.4 Å². The first-order chi connectivity index (χ1) is 8.52. The van der Waals surface area contributed by atoms with Crippen molar-refractivity contribution in [3.8, 4) is 0 Å². The number of benzene rings is 1. The summed E-state index contributed by atoms with van der Waals surface area (Å²) in [7, 11) is 0. The van der Waals surface area contributed by atoms with Crippen molar-refractivity contribution in [1.29, 1.82) is 0 Å². The number of aliphatic carboxylic acids is 1. The maximum atomic E-state index is 13.2.